The minimum atomic E-state index is -0.389. The molecule has 42 heavy (non-hydrogen) atoms. The van der Waals surface area contributed by atoms with Gasteiger partial charge in [0.2, 0.25) is 5.91 Å². The van der Waals surface area contributed by atoms with E-state index in [4.69, 9.17) is 18.9 Å². The number of nitrogens with zero attached hydrogens (tertiary/aromatic N) is 3. The van der Waals surface area contributed by atoms with Gasteiger partial charge >= 0.3 is 6.09 Å². The molecule has 1 aliphatic rings. The molecule has 0 saturated heterocycles. The number of rotatable bonds is 11. The van der Waals surface area contributed by atoms with E-state index in [1.165, 1.54) is 26.3 Å². The average molecular weight is 589 g/mol. The van der Waals surface area contributed by atoms with Crippen molar-refractivity contribution < 1.29 is 28.5 Å². The first-order chi connectivity index (χ1) is 19.9. The van der Waals surface area contributed by atoms with Crippen LogP contribution in [0.2, 0.25) is 0 Å². The minimum Gasteiger partial charge on any atom is -0.496 e. The van der Waals surface area contributed by atoms with E-state index in [2.05, 4.69) is 29.1 Å². The minimum absolute atomic E-state index is 0.00682. The number of carbonyl (C=O) groups excluding carboxylic acids is 2. The topological polar surface area (TPSA) is 113 Å². The van der Waals surface area contributed by atoms with Gasteiger partial charge in [0.15, 0.2) is 0 Å². The van der Waals surface area contributed by atoms with E-state index < -0.39 is 0 Å². The van der Waals surface area contributed by atoms with Crippen LogP contribution in [0.15, 0.2) is 12.1 Å². The molecule has 1 atom stereocenters. The van der Waals surface area contributed by atoms with E-state index in [0.717, 1.165) is 29.9 Å². The molecular weight excluding hydrogens is 536 g/mol. The van der Waals surface area contributed by atoms with Crippen molar-refractivity contribution in [1.82, 2.24) is 15.1 Å². The molecule has 0 spiro atoms. The molecule has 1 saturated carbocycles. The lowest BCUT2D eigenvalue weighted by Crippen LogP contribution is -2.47. The van der Waals surface area contributed by atoms with E-state index in [-0.39, 0.29) is 23.6 Å². The van der Waals surface area contributed by atoms with Crippen LogP contribution in [-0.4, -0.2) is 88.0 Å². The van der Waals surface area contributed by atoms with E-state index in [1.807, 2.05) is 39.8 Å². The Morgan fingerprint density at radius 3 is 2.00 bits per heavy atom. The fourth-order valence-electron chi connectivity index (χ4n) is 4.66. The number of amides is 2. The maximum Gasteiger partial charge on any atom is 0.407 e. The van der Waals surface area contributed by atoms with Gasteiger partial charge in [-0.1, -0.05) is 26.2 Å². The molecule has 1 aromatic rings. The van der Waals surface area contributed by atoms with E-state index in [0.29, 0.717) is 37.7 Å². The Hall–Kier alpha value is -3.63. The van der Waals surface area contributed by atoms with Crippen LogP contribution in [0, 0.1) is 24.2 Å². The van der Waals surface area contributed by atoms with Gasteiger partial charge in [-0.3, -0.25) is 9.69 Å². The van der Waals surface area contributed by atoms with Crippen molar-refractivity contribution in [3.63, 3.8) is 0 Å². The Labute approximate surface area is 253 Å². The first kappa shape index (κ1) is 38.4. The Kier molecular flexibility index (Phi) is 18.5. The van der Waals surface area contributed by atoms with Gasteiger partial charge in [0, 0.05) is 44.4 Å². The number of hydrogen-bond acceptors (Lipinski definition) is 8. The van der Waals surface area contributed by atoms with Crippen LogP contribution in [0.5, 0.6) is 17.2 Å². The maximum absolute atomic E-state index is 13.0. The molecule has 236 valence electrons. The maximum atomic E-state index is 13.0. The number of alkyl carbamates (subject to hydrolysis) is 1. The summed E-state index contributed by atoms with van der Waals surface area (Å²) < 4.78 is 21.4. The average Bonchev–Trinajstić information content (AvgIpc) is 3.00. The highest BCUT2D eigenvalue weighted by molar-refractivity contribution is 5.78. The number of carbonyl (C=O) groups is 2. The molecule has 10 heteroatoms. The van der Waals surface area contributed by atoms with Crippen molar-refractivity contribution in [3.8, 4) is 36.2 Å². The number of likely N-dealkylation sites (N-methyl/N-ethyl adjacent to an activating group) is 1. The summed E-state index contributed by atoms with van der Waals surface area (Å²) >= 11 is 0. The highest BCUT2D eigenvalue weighted by Crippen LogP contribution is 2.35. The molecule has 0 aromatic heterocycles. The number of terminal acetylenes is 1. The van der Waals surface area contributed by atoms with Gasteiger partial charge < -0.3 is 29.2 Å². The largest absolute Gasteiger partial charge is 0.496 e. The highest BCUT2D eigenvalue weighted by atomic mass is 16.6. The summed E-state index contributed by atoms with van der Waals surface area (Å²) in [5, 5.41) is 11.7. The zero-order valence-electron chi connectivity index (χ0n) is 27.1. The second-order valence-electron chi connectivity index (χ2n) is 10.8. The summed E-state index contributed by atoms with van der Waals surface area (Å²) in [6, 6.07) is 5.94. The first-order valence-corrected chi connectivity index (χ1v) is 14.4. The standard InChI is InChI=1S/C24H37N3O4.C6H13NO2.C2H2/c1-6-18(16-25)26(2)24(28)17-27(19-10-8-7-9-11-19)13-12-21-22(30-4)14-20(29-3)15-23(21)31-5;1-6(2,3)9-5(8)7-4;1-2/h14-15,18-19H,6-13,17H2,1-5H3;1-4H3,(H,7,8);1-2H. The van der Waals surface area contributed by atoms with Crippen molar-refractivity contribution in [2.24, 2.45) is 0 Å². The molecule has 10 nitrogen and oxygen atoms in total. The number of hydrogen-bond donors (Lipinski definition) is 1. The van der Waals surface area contributed by atoms with Crippen LogP contribution in [0.3, 0.4) is 0 Å². The molecular formula is C32H52N4O6. The fraction of sp³-hybridized carbons (Fsp3) is 0.656. The van der Waals surface area contributed by atoms with Crippen molar-refractivity contribution in [2.75, 3.05) is 48.5 Å². The molecule has 2 amide bonds. The highest BCUT2D eigenvalue weighted by Gasteiger charge is 2.27. The number of benzene rings is 1. The molecule has 1 N–H and O–H groups in total. The smallest absolute Gasteiger partial charge is 0.407 e. The van der Waals surface area contributed by atoms with Crippen molar-refractivity contribution in [1.29, 1.82) is 5.26 Å². The third kappa shape index (κ3) is 13.4. The van der Waals surface area contributed by atoms with E-state index >= 15 is 0 Å². The van der Waals surface area contributed by atoms with E-state index in [9.17, 15) is 14.9 Å². The van der Waals surface area contributed by atoms with Gasteiger partial charge in [0.1, 0.15) is 28.9 Å². The van der Waals surface area contributed by atoms with Crippen LogP contribution in [0.25, 0.3) is 0 Å². The second-order valence-corrected chi connectivity index (χ2v) is 10.8. The van der Waals surface area contributed by atoms with Gasteiger partial charge in [-0.05, 0) is 46.5 Å². The number of ether oxygens (including phenoxy) is 4. The third-order valence-electron chi connectivity index (χ3n) is 6.90. The summed E-state index contributed by atoms with van der Waals surface area (Å²) in [6.45, 7) is 8.43. The Bertz CT molecular complexity index is 983. The normalized spacial score (nSPS) is 13.6. The molecule has 0 bridgehead atoms. The van der Waals surface area contributed by atoms with Gasteiger partial charge in [-0.25, -0.2) is 4.79 Å². The van der Waals surface area contributed by atoms with Crippen molar-refractivity contribution in [2.45, 2.75) is 90.3 Å². The van der Waals surface area contributed by atoms with Crippen LogP contribution < -0.4 is 19.5 Å². The van der Waals surface area contributed by atoms with Crippen LogP contribution in [0.1, 0.15) is 71.8 Å². The van der Waals surface area contributed by atoms with Crippen molar-refractivity contribution >= 4 is 12.0 Å². The van der Waals surface area contributed by atoms with Crippen LogP contribution in [-0.2, 0) is 16.0 Å². The lowest BCUT2D eigenvalue weighted by Gasteiger charge is -2.35. The lowest BCUT2D eigenvalue weighted by atomic mass is 9.93. The summed E-state index contributed by atoms with van der Waals surface area (Å²) in [4.78, 5) is 27.3. The molecule has 1 aromatic carbocycles. The molecule has 1 unspecified atom stereocenters. The van der Waals surface area contributed by atoms with Gasteiger partial charge in [0.05, 0.1) is 33.9 Å². The monoisotopic (exact) mass is 588 g/mol. The zero-order chi connectivity index (χ0) is 32.3. The van der Waals surface area contributed by atoms with Gasteiger partial charge in [-0.2, -0.15) is 5.26 Å². The molecule has 1 fully saturated rings. The molecule has 1 aliphatic carbocycles. The lowest BCUT2D eigenvalue weighted by molar-refractivity contribution is -0.133. The first-order valence-electron chi connectivity index (χ1n) is 14.4. The number of nitrogens with one attached hydrogen (secondary N) is 1. The SMILES string of the molecule is C#C.CCC(C#N)N(C)C(=O)CN(CCc1c(OC)cc(OC)cc1OC)C1CCCCC1.CNC(=O)OC(C)(C)C. The summed E-state index contributed by atoms with van der Waals surface area (Å²) in [7, 11) is 8.16. The number of methoxy groups -OCH3 is 3. The molecule has 0 aliphatic heterocycles. The molecule has 0 heterocycles. The predicted molar refractivity (Wildman–Crippen MR) is 166 cm³/mol. The van der Waals surface area contributed by atoms with Crippen LogP contribution in [0.4, 0.5) is 4.79 Å². The summed E-state index contributed by atoms with van der Waals surface area (Å²) in [5.41, 5.74) is 0.580. The number of nitriles is 1. The van der Waals surface area contributed by atoms with Gasteiger partial charge in [0.25, 0.3) is 0 Å². The van der Waals surface area contributed by atoms with Crippen LogP contribution >= 0.6 is 0 Å². The van der Waals surface area contributed by atoms with E-state index in [1.54, 1.807) is 33.3 Å². The summed E-state index contributed by atoms with van der Waals surface area (Å²) in [5.74, 6) is 2.12. The van der Waals surface area contributed by atoms with Crippen molar-refractivity contribution in [3.05, 3.63) is 17.7 Å². The third-order valence-corrected chi connectivity index (χ3v) is 6.90. The fourth-order valence-corrected chi connectivity index (χ4v) is 4.66. The molecule has 2 rings (SSSR count). The Morgan fingerprint density at radius 1 is 1.07 bits per heavy atom. The zero-order valence-corrected chi connectivity index (χ0v) is 27.1. The Morgan fingerprint density at radius 2 is 1.62 bits per heavy atom. The molecule has 0 radical (unpaired) electrons. The van der Waals surface area contributed by atoms with Gasteiger partial charge in [-0.15, -0.1) is 12.8 Å². The second kappa shape index (κ2) is 20.3. The predicted octanol–water partition coefficient (Wildman–Crippen LogP) is 5.04. The Balaban J connectivity index is 0.00000130. The summed E-state index contributed by atoms with van der Waals surface area (Å²) in [6.07, 6.45) is 14.8. The quantitative estimate of drug-likeness (QED) is 0.358.